The molecule has 1 amide bonds. The Morgan fingerprint density at radius 1 is 1.29 bits per heavy atom. The molecule has 3 N–H and O–H groups in total. The summed E-state index contributed by atoms with van der Waals surface area (Å²) in [7, 11) is 0. The molecule has 0 atom stereocenters. The highest BCUT2D eigenvalue weighted by molar-refractivity contribution is 9.11. The van der Waals surface area contributed by atoms with Crippen LogP contribution in [-0.2, 0) is 4.79 Å². The van der Waals surface area contributed by atoms with Crippen molar-refractivity contribution < 1.29 is 4.79 Å². The Hall–Kier alpha value is -0.980. The first-order valence-electron chi connectivity index (χ1n) is 6.20. The third kappa shape index (κ3) is 4.49. The normalized spacial score (nSPS) is 10.4. The molecule has 2 aromatic rings. The van der Waals surface area contributed by atoms with Crippen LogP contribution in [0.4, 0.5) is 11.4 Å². The predicted molar refractivity (Wildman–Crippen MR) is 96.8 cm³/mol. The lowest BCUT2D eigenvalue weighted by Crippen LogP contribution is -2.15. The van der Waals surface area contributed by atoms with Crippen molar-refractivity contribution >= 4 is 60.9 Å². The molecule has 0 aliphatic carbocycles. The number of nitrogens with one attached hydrogen (secondary N) is 1. The van der Waals surface area contributed by atoms with E-state index in [0.29, 0.717) is 11.4 Å². The van der Waals surface area contributed by atoms with Crippen LogP contribution < -0.4 is 11.1 Å². The Morgan fingerprint density at radius 2 is 2.00 bits per heavy atom. The number of nitrogen functional groups attached to an aromatic ring is 1. The van der Waals surface area contributed by atoms with Crippen LogP contribution in [0.15, 0.2) is 50.2 Å². The molecule has 0 unspecified atom stereocenters. The molecule has 3 nitrogen and oxygen atoms in total. The molecule has 0 aliphatic rings. The Kier molecular flexibility index (Phi) is 5.72. The lowest BCUT2D eigenvalue weighted by molar-refractivity contribution is -0.113. The first-order chi connectivity index (χ1) is 9.97. The molecule has 0 fully saturated rings. The van der Waals surface area contributed by atoms with Crippen LogP contribution in [-0.4, -0.2) is 11.7 Å². The summed E-state index contributed by atoms with van der Waals surface area (Å²) in [5, 5.41) is 2.93. The number of benzene rings is 2. The number of carbonyl (C=O) groups is 1. The third-order valence-electron chi connectivity index (χ3n) is 2.79. The van der Waals surface area contributed by atoms with Gasteiger partial charge in [0.25, 0.3) is 0 Å². The van der Waals surface area contributed by atoms with Crippen LogP contribution in [0.1, 0.15) is 5.56 Å². The fraction of sp³-hybridized carbons (Fsp3) is 0.133. The molecule has 6 heteroatoms. The van der Waals surface area contributed by atoms with Crippen molar-refractivity contribution in [2.24, 2.45) is 0 Å². The minimum absolute atomic E-state index is 0.0608. The largest absolute Gasteiger partial charge is 0.398 e. The smallest absolute Gasteiger partial charge is 0.234 e. The van der Waals surface area contributed by atoms with Gasteiger partial charge in [0.05, 0.1) is 11.4 Å². The number of carbonyl (C=O) groups excluding carboxylic acids is 1. The second-order valence-electron chi connectivity index (χ2n) is 4.45. The average molecular weight is 430 g/mol. The van der Waals surface area contributed by atoms with Crippen LogP contribution in [0.25, 0.3) is 0 Å². The number of hydrogen-bond acceptors (Lipinski definition) is 3. The van der Waals surface area contributed by atoms with Gasteiger partial charge in [-0.3, -0.25) is 4.79 Å². The summed E-state index contributed by atoms with van der Waals surface area (Å²) < 4.78 is 1.82. The zero-order valence-electron chi connectivity index (χ0n) is 11.3. The molecule has 0 heterocycles. The minimum Gasteiger partial charge on any atom is -0.398 e. The molecule has 2 rings (SSSR count). The average Bonchev–Trinajstić information content (AvgIpc) is 2.42. The standard InChI is InChI=1S/C15H14Br2N2OS/c1-9-6-10(16)7-11(17)15(9)19-14(20)8-21-13-5-3-2-4-12(13)18/h2-7H,8,18H2,1H3,(H,19,20). The first-order valence-corrected chi connectivity index (χ1v) is 8.77. The van der Waals surface area contributed by atoms with Gasteiger partial charge >= 0.3 is 0 Å². The van der Waals surface area contributed by atoms with E-state index in [0.717, 1.165) is 25.1 Å². The highest BCUT2D eigenvalue weighted by Gasteiger charge is 2.10. The lowest BCUT2D eigenvalue weighted by atomic mass is 10.2. The molecule has 0 aromatic heterocycles. The minimum atomic E-state index is -0.0608. The number of rotatable bonds is 4. The van der Waals surface area contributed by atoms with Crippen LogP contribution in [0, 0.1) is 6.92 Å². The summed E-state index contributed by atoms with van der Waals surface area (Å²) in [5.41, 5.74) is 8.34. The van der Waals surface area contributed by atoms with Gasteiger partial charge in [0.15, 0.2) is 0 Å². The van der Waals surface area contributed by atoms with Gasteiger partial charge in [0.2, 0.25) is 5.91 Å². The lowest BCUT2D eigenvalue weighted by Gasteiger charge is -2.11. The third-order valence-corrected chi connectivity index (χ3v) is 4.97. The molecule has 0 radical (unpaired) electrons. The number of amides is 1. The Bertz CT molecular complexity index is 653. The second-order valence-corrected chi connectivity index (χ2v) is 7.24. The summed E-state index contributed by atoms with van der Waals surface area (Å²) in [6, 6.07) is 11.4. The van der Waals surface area contributed by atoms with E-state index in [9.17, 15) is 4.79 Å². The van der Waals surface area contributed by atoms with Crippen LogP contribution in [0.5, 0.6) is 0 Å². The zero-order chi connectivity index (χ0) is 15.4. The molecule has 0 saturated carbocycles. The van der Waals surface area contributed by atoms with Crippen molar-refractivity contribution in [1.29, 1.82) is 0 Å². The maximum atomic E-state index is 12.1. The van der Waals surface area contributed by atoms with Gasteiger partial charge in [-0.2, -0.15) is 0 Å². The van der Waals surface area contributed by atoms with E-state index in [4.69, 9.17) is 5.73 Å². The Balaban J connectivity index is 2.01. The van der Waals surface area contributed by atoms with E-state index in [1.165, 1.54) is 11.8 Å². The Labute approximate surface area is 144 Å². The van der Waals surface area contributed by atoms with E-state index in [1.54, 1.807) is 0 Å². The molecule has 0 aliphatic heterocycles. The van der Waals surface area contributed by atoms with Crippen molar-refractivity contribution in [3.63, 3.8) is 0 Å². The van der Waals surface area contributed by atoms with Gasteiger partial charge < -0.3 is 11.1 Å². The van der Waals surface area contributed by atoms with Crippen LogP contribution >= 0.6 is 43.6 Å². The number of para-hydroxylation sites is 1. The fourth-order valence-corrected chi connectivity index (χ4v) is 4.10. The number of halogens is 2. The number of nitrogens with two attached hydrogens (primary N) is 1. The highest BCUT2D eigenvalue weighted by atomic mass is 79.9. The molecular formula is C15H14Br2N2OS. The van der Waals surface area contributed by atoms with E-state index in [2.05, 4.69) is 37.2 Å². The van der Waals surface area contributed by atoms with Crippen molar-refractivity contribution in [2.75, 3.05) is 16.8 Å². The zero-order valence-corrected chi connectivity index (χ0v) is 15.3. The number of thioether (sulfide) groups is 1. The monoisotopic (exact) mass is 428 g/mol. The maximum Gasteiger partial charge on any atom is 0.234 e. The quantitative estimate of drug-likeness (QED) is 0.540. The van der Waals surface area contributed by atoms with Gasteiger partial charge in [-0.1, -0.05) is 28.1 Å². The Morgan fingerprint density at radius 3 is 2.67 bits per heavy atom. The number of anilines is 2. The fourth-order valence-electron chi connectivity index (χ4n) is 1.79. The van der Waals surface area contributed by atoms with Gasteiger partial charge in [-0.05, 0) is 52.7 Å². The van der Waals surface area contributed by atoms with Gasteiger partial charge in [-0.25, -0.2) is 0 Å². The van der Waals surface area contributed by atoms with Gasteiger partial charge in [0, 0.05) is 19.5 Å². The molecule has 0 saturated heterocycles. The van der Waals surface area contributed by atoms with Crippen molar-refractivity contribution in [3.8, 4) is 0 Å². The molecular weight excluding hydrogens is 416 g/mol. The van der Waals surface area contributed by atoms with Gasteiger partial charge in [-0.15, -0.1) is 11.8 Å². The summed E-state index contributed by atoms with van der Waals surface area (Å²) in [6.45, 7) is 1.95. The summed E-state index contributed by atoms with van der Waals surface area (Å²) >= 11 is 8.31. The van der Waals surface area contributed by atoms with Crippen LogP contribution in [0.2, 0.25) is 0 Å². The van der Waals surface area contributed by atoms with Crippen molar-refractivity contribution in [3.05, 3.63) is 50.9 Å². The summed E-state index contributed by atoms with van der Waals surface area (Å²) in [6.07, 6.45) is 0. The maximum absolute atomic E-state index is 12.1. The van der Waals surface area contributed by atoms with E-state index >= 15 is 0 Å². The number of aryl methyl sites for hydroxylation is 1. The van der Waals surface area contributed by atoms with Crippen molar-refractivity contribution in [2.45, 2.75) is 11.8 Å². The van der Waals surface area contributed by atoms with Crippen molar-refractivity contribution in [1.82, 2.24) is 0 Å². The molecule has 110 valence electrons. The SMILES string of the molecule is Cc1cc(Br)cc(Br)c1NC(=O)CSc1ccccc1N. The molecule has 2 aromatic carbocycles. The van der Waals surface area contributed by atoms with Crippen LogP contribution in [0.3, 0.4) is 0 Å². The van der Waals surface area contributed by atoms with E-state index in [-0.39, 0.29) is 5.91 Å². The highest BCUT2D eigenvalue weighted by Crippen LogP contribution is 2.31. The van der Waals surface area contributed by atoms with E-state index in [1.807, 2.05) is 43.3 Å². The predicted octanol–water partition coefficient (Wildman–Crippen LogP) is 4.83. The summed E-state index contributed by atoms with van der Waals surface area (Å²) in [5.74, 6) is 0.255. The second kappa shape index (κ2) is 7.33. The number of hydrogen-bond donors (Lipinski definition) is 2. The molecule has 0 bridgehead atoms. The topological polar surface area (TPSA) is 55.1 Å². The van der Waals surface area contributed by atoms with Gasteiger partial charge in [0.1, 0.15) is 0 Å². The molecule has 21 heavy (non-hydrogen) atoms. The molecule has 0 spiro atoms. The first kappa shape index (κ1) is 16.4. The summed E-state index contributed by atoms with van der Waals surface area (Å²) in [4.78, 5) is 13.0. The van der Waals surface area contributed by atoms with E-state index < -0.39 is 0 Å².